The lowest BCUT2D eigenvalue weighted by atomic mass is 10.2. The van der Waals surface area contributed by atoms with Crippen molar-refractivity contribution in [1.29, 1.82) is 0 Å². The van der Waals surface area contributed by atoms with E-state index in [-0.39, 0.29) is 10.5 Å². The van der Waals surface area contributed by atoms with Gasteiger partial charge >= 0.3 is 0 Å². The third-order valence-corrected chi connectivity index (χ3v) is 4.79. The van der Waals surface area contributed by atoms with Crippen LogP contribution < -0.4 is 5.73 Å². The van der Waals surface area contributed by atoms with E-state index in [4.69, 9.17) is 5.73 Å². The molecule has 1 fully saturated rings. The van der Waals surface area contributed by atoms with E-state index < -0.39 is 15.9 Å². The molecule has 6 heteroatoms. The molecule has 1 saturated heterocycles. The quantitative estimate of drug-likeness (QED) is 0.856. The number of amides is 1. The maximum Gasteiger partial charge on any atom is 0.250 e. The van der Waals surface area contributed by atoms with Crippen LogP contribution in [0.3, 0.4) is 0 Å². The van der Waals surface area contributed by atoms with Crippen molar-refractivity contribution in [2.45, 2.75) is 17.7 Å². The summed E-state index contributed by atoms with van der Waals surface area (Å²) in [4.78, 5) is 11.2. The number of nitrogens with zero attached hydrogens (tertiary/aromatic N) is 1. The predicted octanol–water partition coefficient (Wildman–Crippen LogP) is 0.570. The van der Waals surface area contributed by atoms with Crippen molar-refractivity contribution in [3.63, 3.8) is 0 Å². The van der Waals surface area contributed by atoms with Gasteiger partial charge in [-0.25, -0.2) is 8.42 Å². The van der Waals surface area contributed by atoms with Gasteiger partial charge in [0.1, 0.15) is 0 Å². The monoisotopic (exact) mass is 254 g/mol. The number of sulfonamides is 1. The summed E-state index contributed by atoms with van der Waals surface area (Å²) in [5, 5.41) is 0. The molecule has 92 valence electrons. The predicted molar refractivity (Wildman–Crippen MR) is 63.0 cm³/mol. The molecule has 0 bridgehead atoms. The normalized spacial score (nSPS) is 17.2. The Kier molecular flexibility index (Phi) is 3.17. The van der Waals surface area contributed by atoms with Crippen molar-refractivity contribution in [3.8, 4) is 0 Å². The molecule has 0 radical (unpaired) electrons. The number of carbonyl (C=O) groups excluding carboxylic acids is 1. The lowest BCUT2D eigenvalue weighted by molar-refractivity contribution is 0.0997. The molecule has 0 spiro atoms. The number of primary amides is 1. The van der Waals surface area contributed by atoms with Gasteiger partial charge in [0, 0.05) is 13.1 Å². The standard InChI is InChI=1S/C11H14N2O3S/c12-11(14)9-5-1-2-6-10(9)17(15,16)13-7-3-4-8-13/h1-2,5-6H,3-4,7-8H2,(H2,12,14). The zero-order valence-corrected chi connectivity index (χ0v) is 10.1. The highest BCUT2D eigenvalue weighted by Gasteiger charge is 2.29. The van der Waals surface area contributed by atoms with Crippen LogP contribution in [0.15, 0.2) is 29.2 Å². The van der Waals surface area contributed by atoms with E-state index in [1.54, 1.807) is 12.1 Å². The second-order valence-electron chi connectivity index (χ2n) is 3.97. The van der Waals surface area contributed by atoms with E-state index in [0.29, 0.717) is 13.1 Å². The molecule has 0 aromatic heterocycles. The van der Waals surface area contributed by atoms with Gasteiger partial charge in [0.05, 0.1) is 10.5 Å². The summed E-state index contributed by atoms with van der Waals surface area (Å²) in [5.41, 5.74) is 5.24. The Balaban J connectivity index is 2.49. The topological polar surface area (TPSA) is 80.5 Å². The van der Waals surface area contributed by atoms with Crippen LogP contribution in [-0.2, 0) is 10.0 Å². The molecular weight excluding hydrogens is 240 g/mol. The van der Waals surface area contributed by atoms with Crippen LogP contribution in [0.1, 0.15) is 23.2 Å². The fourth-order valence-electron chi connectivity index (χ4n) is 1.96. The third-order valence-electron chi connectivity index (χ3n) is 2.84. The highest BCUT2D eigenvalue weighted by atomic mass is 32.2. The second-order valence-corrected chi connectivity index (χ2v) is 5.88. The van der Waals surface area contributed by atoms with Gasteiger partial charge in [-0.1, -0.05) is 12.1 Å². The zero-order chi connectivity index (χ0) is 12.5. The summed E-state index contributed by atoms with van der Waals surface area (Å²) in [6.07, 6.45) is 1.72. The fourth-order valence-corrected chi connectivity index (χ4v) is 3.68. The number of rotatable bonds is 3. The van der Waals surface area contributed by atoms with Crippen molar-refractivity contribution in [2.24, 2.45) is 5.73 Å². The van der Waals surface area contributed by atoms with Crippen LogP contribution in [0.25, 0.3) is 0 Å². The minimum absolute atomic E-state index is 0.00870. The first-order valence-electron chi connectivity index (χ1n) is 5.42. The number of hydrogen-bond acceptors (Lipinski definition) is 3. The molecule has 0 unspecified atom stereocenters. The smallest absolute Gasteiger partial charge is 0.250 e. The lowest BCUT2D eigenvalue weighted by Gasteiger charge is -2.16. The molecule has 0 saturated carbocycles. The van der Waals surface area contributed by atoms with Gasteiger partial charge in [-0.3, -0.25) is 4.79 Å². The van der Waals surface area contributed by atoms with Crippen LogP contribution in [-0.4, -0.2) is 31.7 Å². The van der Waals surface area contributed by atoms with Crippen LogP contribution in [0.2, 0.25) is 0 Å². The Morgan fingerprint density at radius 1 is 1.18 bits per heavy atom. The second kappa shape index (κ2) is 4.46. The van der Waals surface area contributed by atoms with Gasteiger partial charge in [-0.15, -0.1) is 0 Å². The maximum atomic E-state index is 12.3. The SMILES string of the molecule is NC(=O)c1ccccc1S(=O)(=O)N1CCCC1. The van der Waals surface area contributed by atoms with Gasteiger partial charge in [0.15, 0.2) is 0 Å². The van der Waals surface area contributed by atoms with Crippen molar-refractivity contribution in [2.75, 3.05) is 13.1 Å². The number of nitrogens with two attached hydrogens (primary N) is 1. The summed E-state index contributed by atoms with van der Waals surface area (Å²) < 4.78 is 26.0. The molecule has 1 aromatic rings. The maximum absolute atomic E-state index is 12.3. The third kappa shape index (κ3) is 2.18. The van der Waals surface area contributed by atoms with E-state index >= 15 is 0 Å². The molecule has 0 aliphatic carbocycles. The summed E-state index contributed by atoms with van der Waals surface area (Å²) in [6.45, 7) is 1.02. The fraction of sp³-hybridized carbons (Fsp3) is 0.364. The molecule has 1 amide bonds. The minimum atomic E-state index is -3.58. The molecule has 1 aliphatic heterocycles. The van der Waals surface area contributed by atoms with Crippen molar-refractivity contribution in [3.05, 3.63) is 29.8 Å². The number of hydrogen-bond donors (Lipinski definition) is 1. The first kappa shape index (κ1) is 12.1. The van der Waals surface area contributed by atoms with E-state index in [0.717, 1.165) is 12.8 Å². The minimum Gasteiger partial charge on any atom is -0.366 e. The molecule has 1 aliphatic rings. The van der Waals surface area contributed by atoms with E-state index in [9.17, 15) is 13.2 Å². The van der Waals surface area contributed by atoms with Crippen LogP contribution in [0.4, 0.5) is 0 Å². The Bertz CT molecular complexity index is 533. The highest BCUT2D eigenvalue weighted by Crippen LogP contribution is 2.23. The molecule has 1 aromatic carbocycles. The highest BCUT2D eigenvalue weighted by molar-refractivity contribution is 7.89. The molecule has 1 heterocycles. The van der Waals surface area contributed by atoms with Crippen molar-refractivity contribution in [1.82, 2.24) is 4.31 Å². The Morgan fingerprint density at radius 2 is 1.76 bits per heavy atom. The van der Waals surface area contributed by atoms with Crippen molar-refractivity contribution >= 4 is 15.9 Å². The van der Waals surface area contributed by atoms with Gasteiger partial charge in [0.25, 0.3) is 0 Å². The first-order valence-corrected chi connectivity index (χ1v) is 6.86. The summed E-state index contributed by atoms with van der Waals surface area (Å²) in [6, 6.07) is 6.05. The number of carbonyl (C=O) groups is 1. The first-order chi connectivity index (χ1) is 8.03. The van der Waals surface area contributed by atoms with E-state index in [1.807, 2.05) is 0 Å². The molecule has 2 N–H and O–H groups in total. The molecule has 0 atom stereocenters. The Hall–Kier alpha value is -1.40. The van der Waals surface area contributed by atoms with Crippen LogP contribution >= 0.6 is 0 Å². The molecule has 5 nitrogen and oxygen atoms in total. The largest absolute Gasteiger partial charge is 0.366 e. The summed E-state index contributed by atoms with van der Waals surface area (Å²) in [5.74, 6) is -0.719. The zero-order valence-electron chi connectivity index (χ0n) is 9.30. The van der Waals surface area contributed by atoms with Gasteiger partial charge in [0.2, 0.25) is 15.9 Å². The average molecular weight is 254 g/mol. The van der Waals surface area contributed by atoms with E-state index in [2.05, 4.69) is 0 Å². The molecule has 2 rings (SSSR count). The number of benzene rings is 1. The summed E-state index contributed by atoms with van der Waals surface area (Å²) in [7, 11) is -3.58. The Labute approximate surface area is 100 Å². The van der Waals surface area contributed by atoms with Crippen molar-refractivity contribution < 1.29 is 13.2 Å². The lowest BCUT2D eigenvalue weighted by Crippen LogP contribution is -2.30. The Morgan fingerprint density at radius 3 is 2.35 bits per heavy atom. The van der Waals surface area contributed by atoms with Crippen LogP contribution in [0.5, 0.6) is 0 Å². The molecule has 17 heavy (non-hydrogen) atoms. The molecular formula is C11H14N2O3S. The van der Waals surface area contributed by atoms with Gasteiger partial charge in [-0.2, -0.15) is 4.31 Å². The summed E-state index contributed by atoms with van der Waals surface area (Å²) >= 11 is 0. The van der Waals surface area contributed by atoms with Crippen LogP contribution in [0, 0.1) is 0 Å². The van der Waals surface area contributed by atoms with Gasteiger partial charge < -0.3 is 5.73 Å². The average Bonchev–Trinajstić information content (AvgIpc) is 2.83. The van der Waals surface area contributed by atoms with Gasteiger partial charge in [-0.05, 0) is 25.0 Å². The van der Waals surface area contributed by atoms with E-state index in [1.165, 1.54) is 16.4 Å².